The molecule has 4 aliphatic rings. The van der Waals surface area contributed by atoms with Gasteiger partial charge in [-0.3, -0.25) is 4.98 Å². The molecule has 6 aromatic carbocycles. The van der Waals surface area contributed by atoms with Gasteiger partial charge in [-0.15, -0.1) is 0 Å². The molecule has 0 N–H and O–H groups in total. The predicted octanol–water partition coefficient (Wildman–Crippen LogP) is 13.9. The molecule has 53 heavy (non-hydrogen) atoms. The van der Waals surface area contributed by atoms with Gasteiger partial charge >= 0.3 is 0 Å². The number of rotatable bonds is 3. The van der Waals surface area contributed by atoms with E-state index in [1.807, 2.05) is 6.20 Å². The summed E-state index contributed by atoms with van der Waals surface area (Å²) in [4.78, 5) is 7.79. The Hall–Kier alpha value is -4.66. The molecular weight excluding hydrogens is 659 g/mol. The monoisotopic (exact) mass is 705 g/mol. The van der Waals surface area contributed by atoms with Crippen LogP contribution in [0.15, 0.2) is 137 Å². The van der Waals surface area contributed by atoms with E-state index in [2.05, 4.69) is 148 Å². The molecule has 0 amide bonds. The summed E-state index contributed by atoms with van der Waals surface area (Å²) in [6.07, 6.45) is 13.8. The summed E-state index contributed by atoms with van der Waals surface area (Å²) < 4.78 is 0. The van der Waals surface area contributed by atoms with Crippen LogP contribution in [0.25, 0.3) is 66.2 Å². The molecule has 2 heterocycles. The van der Waals surface area contributed by atoms with Crippen molar-refractivity contribution in [2.45, 2.75) is 61.2 Å². The molecule has 1 spiro atoms. The van der Waals surface area contributed by atoms with Gasteiger partial charge in [0.15, 0.2) is 0 Å². The number of pyridine rings is 1. The Morgan fingerprint density at radius 3 is 2.26 bits per heavy atom. The molecule has 2 fully saturated rings. The van der Waals surface area contributed by atoms with Crippen LogP contribution < -0.4 is 0 Å². The fraction of sp³-hybridized carbons (Fsp3) is 0.275. The van der Waals surface area contributed by atoms with Crippen LogP contribution in [0.2, 0.25) is 0 Å². The third kappa shape index (κ3) is 4.36. The van der Waals surface area contributed by atoms with Gasteiger partial charge in [-0.05, 0) is 159 Å². The molecule has 2 heteroatoms. The zero-order valence-corrected chi connectivity index (χ0v) is 32.1. The van der Waals surface area contributed by atoms with E-state index >= 15 is 0 Å². The van der Waals surface area contributed by atoms with Gasteiger partial charge in [0.1, 0.15) is 0 Å². The average molecular weight is 706 g/mol. The summed E-state index contributed by atoms with van der Waals surface area (Å²) >= 11 is 0. The number of fused-ring (bicyclic) bond motifs is 14. The Bertz CT molecular complexity index is 2640. The van der Waals surface area contributed by atoms with Crippen molar-refractivity contribution in [1.29, 1.82) is 0 Å². The van der Waals surface area contributed by atoms with Gasteiger partial charge in [0, 0.05) is 26.8 Å². The van der Waals surface area contributed by atoms with Crippen molar-refractivity contribution in [3.05, 3.63) is 139 Å². The second-order valence-electron chi connectivity index (χ2n) is 17.1. The lowest BCUT2D eigenvalue weighted by molar-refractivity contribution is 0.0368. The van der Waals surface area contributed by atoms with Crippen LogP contribution in [-0.4, -0.2) is 17.5 Å². The highest BCUT2D eigenvalue weighted by atomic mass is 32.3. The Morgan fingerprint density at radius 2 is 1.38 bits per heavy atom. The van der Waals surface area contributed by atoms with Gasteiger partial charge in [0.05, 0.1) is 5.52 Å². The maximum atomic E-state index is 4.72. The van der Waals surface area contributed by atoms with Gasteiger partial charge in [-0.1, -0.05) is 111 Å². The molecule has 1 aliphatic heterocycles. The van der Waals surface area contributed by atoms with Crippen molar-refractivity contribution in [3.8, 4) is 44.5 Å². The molecule has 2 saturated carbocycles. The molecule has 0 radical (unpaired) electrons. The highest BCUT2D eigenvalue weighted by Crippen LogP contribution is 2.70. The van der Waals surface area contributed by atoms with Crippen LogP contribution in [0.1, 0.15) is 57.1 Å². The normalized spacial score (nSPS) is 25.2. The fourth-order valence-corrected chi connectivity index (χ4v) is 14.9. The first-order valence-electron chi connectivity index (χ1n) is 19.9. The van der Waals surface area contributed by atoms with Gasteiger partial charge in [0.25, 0.3) is 0 Å². The second-order valence-corrected chi connectivity index (χ2v) is 20.6. The molecule has 1 aromatic heterocycles. The number of hydrogen-bond acceptors (Lipinski definition) is 1. The largest absolute Gasteiger partial charge is 0.256 e. The van der Waals surface area contributed by atoms with E-state index in [0.29, 0.717) is 11.8 Å². The highest BCUT2D eigenvalue weighted by molar-refractivity contribution is 8.33. The first kappa shape index (κ1) is 31.8. The molecule has 2 bridgehead atoms. The minimum absolute atomic E-state index is 0.0408. The molecule has 11 rings (SSSR count). The number of aromatic nitrogens is 1. The minimum atomic E-state index is -1.18. The summed E-state index contributed by atoms with van der Waals surface area (Å²) in [5, 5.41) is 4.00. The molecule has 7 aromatic rings. The van der Waals surface area contributed by atoms with Crippen molar-refractivity contribution in [2.75, 3.05) is 12.5 Å². The van der Waals surface area contributed by atoms with Crippen molar-refractivity contribution >= 4 is 31.7 Å². The topological polar surface area (TPSA) is 12.9 Å². The van der Waals surface area contributed by atoms with Crippen molar-refractivity contribution < 1.29 is 0 Å². The molecule has 262 valence electrons. The fourth-order valence-electron chi connectivity index (χ4n) is 12.1. The summed E-state index contributed by atoms with van der Waals surface area (Å²) in [6, 6.07) is 47.0. The third-order valence-corrected chi connectivity index (χ3v) is 17.2. The molecule has 5 atom stereocenters. The van der Waals surface area contributed by atoms with Crippen molar-refractivity contribution in [1.82, 2.24) is 4.98 Å². The van der Waals surface area contributed by atoms with Gasteiger partial charge in [0.2, 0.25) is 0 Å². The molecule has 0 saturated heterocycles. The van der Waals surface area contributed by atoms with E-state index < -0.39 is 10.0 Å². The van der Waals surface area contributed by atoms with E-state index in [1.54, 1.807) is 16.0 Å². The number of nitrogens with zero attached hydrogens (tertiary/aromatic N) is 1. The second kappa shape index (κ2) is 11.4. The summed E-state index contributed by atoms with van der Waals surface area (Å²) in [5.74, 6) is 2.96. The zero-order chi connectivity index (χ0) is 35.6. The van der Waals surface area contributed by atoms with E-state index in [4.69, 9.17) is 4.98 Å². The third-order valence-electron chi connectivity index (χ3n) is 14.3. The lowest BCUT2D eigenvalue weighted by atomic mass is 9.49. The first-order chi connectivity index (χ1) is 25.9. The van der Waals surface area contributed by atoms with Gasteiger partial charge in [-0.2, -0.15) is 10.0 Å². The maximum absolute atomic E-state index is 4.72. The standard InChI is InChI=1S/C51H47NS/c1-5-32-25-33-24-31(2)51(38(26-32)27-33)46-21-17-35(28-45(46)41-18-16-37(29-47(41)51)39-22-23-52-48-13-9-8-12-42(39)48)36-15-19-43-44-20-14-34-10-6-7-11-40(34)50(44)53(3,4)49(43)30-36/h6-23,28-33,38H,5,24-27H2,1-4H3. The molecule has 5 unspecified atom stereocenters. The van der Waals surface area contributed by atoms with Crippen LogP contribution in [0.4, 0.5) is 0 Å². The Morgan fingerprint density at radius 1 is 0.623 bits per heavy atom. The summed E-state index contributed by atoms with van der Waals surface area (Å²) in [7, 11) is -1.18. The van der Waals surface area contributed by atoms with Crippen molar-refractivity contribution in [2.24, 2.45) is 23.7 Å². The molecule has 1 nitrogen and oxygen atoms in total. The Labute approximate surface area is 315 Å². The SMILES string of the molecule is CCC1CC2CC(C)C3(c4ccc(-c5ccc6c(c5)S(C)(C)c5c-6ccc6ccccc56)cc4-c4ccc(-c5ccnc6ccccc56)cc43)C(C1)C2. The molecule has 3 aliphatic carbocycles. The Kier molecular flexibility index (Phi) is 6.86. The van der Waals surface area contributed by atoms with E-state index in [9.17, 15) is 0 Å². The smallest absolute Gasteiger partial charge is 0.0708 e. The summed E-state index contributed by atoms with van der Waals surface area (Å²) in [6.45, 7) is 5.03. The Balaban J connectivity index is 1.09. The lowest BCUT2D eigenvalue weighted by Gasteiger charge is -2.54. The van der Waals surface area contributed by atoms with Crippen LogP contribution >= 0.6 is 10.0 Å². The highest BCUT2D eigenvalue weighted by Gasteiger charge is 2.57. The first-order valence-corrected chi connectivity index (χ1v) is 22.3. The van der Waals surface area contributed by atoms with Crippen LogP contribution in [0.3, 0.4) is 0 Å². The van der Waals surface area contributed by atoms with E-state index in [-0.39, 0.29) is 5.41 Å². The van der Waals surface area contributed by atoms with Crippen LogP contribution in [0, 0.1) is 23.7 Å². The quantitative estimate of drug-likeness (QED) is 0.178. The van der Waals surface area contributed by atoms with Crippen LogP contribution in [0.5, 0.6) is 0 Å². The molecular formula is C51H47NS. The van der Waals surface area contributed by atoms with Gasteiger partial charge < -0.3 is 0 Å². The van der Waals surface area contributed by atoms with E-state index in [0.717, 1.165) is 17.4 Å². The minimum Gasteiger partial charge on any atom is -0.256 e. The predicted molar refractivity (Wildman–Crippen MR) is 226 cm³/mol. The van der Waals surface area contributed by atoms with Gasteiger partial charge in [-0.25, -0.2) is 0 Å². The summed E-state index contributed by atoms with van der Waals surface area (Å²) in [5.41, 5.74) is 15.3. The number of hydrogen-bond donors (Lipinski definition) is 0. The lowest BCUT2D eigenvalue weighted by Crippen LogP contribution is -2.49. The maximum Gasteiger partial charge on any atom is 0.0708 e. The zero-order valence-electron chi connectivity index (χ0n) is 31.3. The van der Waals surface area contributed by atoms with Crippen molar-refractivity contribution in [3.63, 3.8) is 0 Å². The average Bonchev–Trinajstić information content (AvgIpc) is 3.61. The number of benzene rings is 6. The number of para-hydroxylation sites is 1. The van der Waals surface area contributed by atoms with E-state index in [1.165, 1.54) is 97.7 Å². The van der Waals surface area contributed by atoms with Crippen LogP contribution in [-0.2, 0) is 5.41 Å².